The predicted octanol–water partition coefficient (Wildman–Crippen LogP) is 1.08. The second-order valence-corrected chi connectivity index (χ2v) is 6.43. The van der Waals surface area contributed by atoms with E-state index in [-0.39, 0.29) is 18.2 Å². The summed E-state index contributed by atoms with van der Waals surface area (Å²) < 4.78 is 10.4. The van der Waals surface area contributed by atoms with Crippen molar-refractivity contribution in [2.45, 2.75) is 0 Å². The van der Waals surface area contributed by atoms with Crippen molar-refractivity contribution in [3.05, 3.63) is 59.7 Å². The Hall–Kier alpha value is -3.89. The van der Waals surface area contributed by atoms with Gasteiger partial charge in [0.25, 0.3) is 5.91 Å². The van der Waals surface area contributed by atoms with Crippen molar-refractivity contribution in [1.29, 1.82) is 0 Å². The highest BCUT2D eigenvalue weighted by molar-refractivity contribution is 6.07. The van der Waals surface area contributed by atoms with Crippen LogP contribution in [-0.2, 0) is 4.79 Å². The van der Waals surface area contributed by atoms with Crippen LogP contribution in [0.15, 0.2) is 48.5 Å². The van der Waals surface area contributed by atoms with E-state index in [9.17, 15) is 14.4 Å². The van der Waals surface area contributed by atoms with Crippen LogP contribution in [0.4, 0.5) is 10.5 Å². The average molecular weight is 441 g/mol. The van der Waals surface area contributed by atoms with Crippen molar-refractivity contribution in [1.82, 2.24) is 10.6 Å². The molecule has 10 nitrogen and oxygen atoms in total. The zero-order chi connectivity index (χ0) is 23.3. The van der Waals surface area contributed by atoms with Crippen LogP contribution < -0.4 is 36.9 Å². The molecule has 2 aromatic carbocycles. The Morgan fingerprint density at radius 3 is 2.41 bits per heavy atom. The summed E-state index contributed by atoms with van der Waals surface area (Å²) in [5, 5.41) is 7.85. The molecular weight excluding hydrogens is 414 g/mol. The van der Waals surface area contributed by atoms with E-state index in [1.165, 1.54) is 13.2 Å². The molecule has 0 fully saturated rings. The summed E-state index contributed by atoms with van der Waals surface area (Å²) in [6.07, 6.45) is 2.23. The number of anilines is 1. The standard InChI is InChI=1S/C22H27N5O5/c1-31-19-14-15(6-8-18(19)32-22(30)26-13-11-24)7-9-20(28)27-17-5-3-2-4-16(17)21(29)25-12-10-23/h2-9,14H,10-13,23-24H2,1H3,(H,25,29)(H,26,30)(H,27,28). The molecule has 0 bridgehead atoms. The van der Waals surface area contributed by atoms with Gasteiger partial charge in [0.05, 0.1) is 18.4 Å². The zero-order valence-corrected chi connectivity index (χ0v) is 17.7. The lowest BCUT2D eigenvalue weighted by atomic mass is 10.1. The quantitative estimate of drug-likeness (QED) is 0.345. The lowest BCUT2D eigenvalue weighted by molar-refractivity contribution is -0.111. The number of nitrogens with one attached hydrogen (secondary N) is 3. The number of benzene rings is 2. The Morgan fingerprint density at radius 1 is 0.969 bits per heavy atom. The molecule has 0 saturated carbocycles. The molecule has 0 radical (unpaired) electrons. The molecule has 10 heteroatoms. The van der Waals surface area contributed by atoms with E-state index >= 15 is 0 Å². The molecule has 3 amide bonds. The van der Waals surface area contributed by atoms with Gasteiger partial charge in [-0.2, -0.15) is 0 Å². The number of rotatable bonds is 10. The first-order valence-electron chi connectivity index (χ1n) is 9.88. The van der Waals surface area contributed by atoms with Crippen LogP contribution in [0.25, 0.3) is 6.08 Å². The highest BCUT2D eigenvalue weighted by Crippen LogP contribution is 2.28. The van der Waals surface area contributed by atoms with E-state index in [4.69, 9.17) is 20.9 Å². The molecule has 0 aliphatic heterocycles. The number of para-hydroxylation sites is 1. The number of amides is 3. The molecule has 0 heterocycles. The highest BCUT2D eigenvalue weighted by Gasteiger charge is 2.12. The lowest BCUT2D eigenvalue weighted by Crippen LogP contribution is -2.31. The summed E-state index contributed by atoms with van der Waals surface area (Å²) in [4.78, 5) is 36.3. The smallest absolute Gasteiger partial charge is 0.412 e. The first kappa shape index (κ1) is 24.4. The topological polar surface area (TPSA) is 158 Å². The van der Waals surface area contributed by atoms with Crippen molar-refractivity contribution in [3.8, 4) is 11.5 Å². The number of carbonyl (C=O) groups excluding carboxylic acids is 3. The second kappa shape index (κ2) is 12.7. The first-order chi connectivity index (χ1) is 15.5. The van der Waals surface area contributed by atoms with Crippen LogP contribution in [0.3, 0.4) is 0 Å². The minimum atomic E-state index is -0.648. The molecule has 170 valence electrons. The molecule has 0 spiro atoms. The van der Waals surface area contributed by atoms with Crippen LogP contribution in [0.1, 0.15) is 15.9 Å². The maximum absolute atomic E-state index is 12.4. The largest absolute Gasteiger partial charge is 0.493 e. The van der Waals surface area contributed by atoms with Gasteiger partial charge in [0.1, 0.15) is 0 Å². The number of methoxy groups -OCH3 is 1. The summed E-state index contributed by atoms with van der Waals surface area (Å²) in [6, 6.07) is 11.5. The third kappa shape index (κ3) is 7.42. The summed E-state index contributed by atoms with van der Waals surface area (Å²) in [5.41, 5.74) is 12.1. The Kier molecular flexibility index (Phi) is 9.70. The summed E-state index contributed by atoms with van der Waals surface area (Å²) in [5.74, 6) is -0.214. The Labute approximate surface area is 185 Å². The third-order valence-corrected chi connectivity index (χ3v) is 4.09. The van der Waals surface area contributed by atoms with Gasteiger partial charge in [-0.1, -0.05) is 18.2 Å². The molecule has 0 unspecified atom stereocenters. The highest BCUT2D eigenvalue weighted by atomic mass is 16.6. The van der Waals surface area contributed by atoms with Gasteiger partial charge < -0.3 is 36.9 Å². The van der Waals surface area contributed by atoms with E-state index in [1.54, 1.807) is 48.5 Å². The Bertz CT molecular complexity index is 977. The van der Waals surface area contributed by atoms with Gasteiger partial charge in [-0.3, -0.25) is 9.59 Å². The SMILES string of the molecule is COc1cc(C=CC(=O)Nc2ccccc2C(=O)NCCN)ccc1OC(=O)NCCN. The minimum Gasteiger partial charge on any atom is -0.493 e. The van der Waals surface area contributed by atoms with Gasteiger partial charge in [0.15, 0.2) is 11.5 Å². The Balaban J connectivity index is 2.06. The normalized spacial score (nSPS) is 10.5. The van der Waals surface area contributed by atoms with Crippen molar-refractivity contribution in [3.63, 3.8) is 0 Å². The predicted molar refractivity (Wildman–Crippen MR) is 122 cm³/mol. The lowest BCUT2D eigenvalue weighted by Gasteiger charge is -2.11. The van der Waals surface area contributed by atoms with Gasteiger partial charge in [-0.25, -0.2) is 4.79 Å². The van der Waals surface area contributed by atoms with Crippen molar-refractivity contribution < 1.29 is 23.9 Å². The number of ether oxygens (including phenoxy) is 2. The second-order valence-electron chi connectivity index (χ2n) is 6.43. The average Bonchev–Trinajstić information content (AvgIpc) is 2.80. The zero-order valence-electron chi connectivity index (χ0n) is 17.7. The molecule has 2 aromatic rings. The molecule has 0 aliphatic rings. The van der Waals surface area contributed by atoms with E-state index in [1.807, 2.05) is 0 Å². The molecular formula is C22H27N5O5. The number of carbonyl (C=O) groups is 3. The van der Waals surface area contributed by atoms with Crippen molar-refractivity contribution in [2.75, 3.05) is 38.6 Å². The molecule has 0 aromatic heterocycles. The Morgan fingerprint density at radius 2 is 1.69 bits per heavy atom. The number of nitrogens with two attached hydrogens (primary N) is 2. The molecule has 7 N–H and O–H groups in total. The summed E-state index contributed by atoms with van der Waals surface area (Å²) in [6.45, 7) is 1.22. The van der Waals surface area contributed by atoms with Crippen molar-refractivity contribution in [2.24, 2.45) is 11.5 Å². The summed E-state index contributed by atoms with van der Waals surface area (Å²) in [7, 11) is 1.44. The van der Waals surface area contributed by atoms with Crippen LogP contribution in [-0.4, -0.2) is 51.2 Å². The number of hydrogen-bond acceptors (Lipinski definition) is 7. The van der Waals surface area contributed by atoms with E-state index in [0.29, 0.717) is 42.2 Å². The molecule has 0 aliphatic carbocycles. The van der Waals surface area contributed by atoms with Gasteiger partial charge in [0, 0.05) is 32.3 Å². The maximum Gasteiger partial charge on any atom is 0.412 e. The van der Waals surface area contributed by atoms with Gasteiger partial charge in [-0.15, -0.1) is 0 Å². The van der Waals surface area contributed by atoms with Crippen molar-refractivity contribution >= 4 is 29.7 Å². The van der Waals surface area contributed by atoms with Crippen LogP contribution in [0.5, 0.6) is 11.5 Å². The third-order valence-electron chi connectivity index (χ3n) is 4.09. The fourth-order valence-corrected chi connectivity index (χ4v) is 2.60. The fraction of sp³-hybridized carbons (Fsp3) is 0.227. The molecule has 0 atom stereocenters. The van der Waals surface area contributed by atoms with Gasteiger partial charge >= 0.3 is 6.09 Å². The monoisotopic (exact) mass is 441 g/mol. The van der Waals surface area contributed by atoms with E-state index < -0.39 is 12.0 Å². The van der Waals surface area contributed by atoms with Gasteiger partial charge in [0.2, 0.25) is 5.91 Å². The first-order valence-corrected chi connectivity index (χ1v) is 9.88. The number of hydrogen-bond donors (Lipinski definition) is 5. The maximum atomic E-state index is 12.4. The fourth-order valence-electron chi connectivity index (χ4n) is 2.60. The molecule has 32 heavy (non-hydrogen) atoms. The van der Waals surface area contributed by atoms with Crippen LogP contribution in [0.2, 0.25) is 0 Å². The molecule has 0 saturated heterocycles. The van der Waals surface area contributed by atoms with Gasteiger partial charge in [-0.05, 0) is 35.9 Å². The van der Waals surface area contributed by atoms with E-state index in [2.05, 4.69) is 16.0 Å². The van der Waals surface area contributed by atoms with Crippen LogP contribution >= 0.6 is 0 Å². The van der Waals surface area contributed by atoms with E-state index in [0.717, 1.165) is 0 Å². The minimum absolute atomic E-state index is 0.223. The molecule has 2 rings (SSSR count). The van der Waals surface area contributed by atoms with Crippen LogP contribution in [0, 0.1) is 0 Å². The summed E-state index contributed by atoms with van der Waals surface area (Å²) >= 11 is 0.